The number of fused-ring (bicyclic) bond motifs is 1. The van der Waals surface area contributed by atoms with Crippen LogP contribution in [0.3, 0.4) is 0 Å². The number of aliphatic hydroxyl groups excluding tert-OH is 4. The number of carboxylic acids is 2. The van der Waals surface area contributed by atoms with Crippen molar-refractivity contribution in [2.75, 3.05) is 46.6 Å². The van der Waals surface area contributed by atoms with E-state index in [1.54, 1.807) is 6.20 Å². The summed E-state index contributed by atoms with van der Waals surface area (Å²) < 4.78 is 35.0. The molecule has 0 radical (unpaired) electrons. The summed E-state index contributed by atoms with van der Waals surface area (Å²) in [5.41, 5.74) is 0.417. The topological polar surface area (TPSA) is 350 Å². The predicted molar refractivity (Wildman–Crippen MR) is 212 cm³/mol. The molecule has 364 valence electrons. The number of likely N-dealkylation sites (tertiary alicyclic amines) is 1. The van der Waals surface area contributed by atoms with Crippen LogP contribution in [0.5, 0.6) is 0 Å². The fraction of sp³-hybridized carbons (Fsp3) is 0.718. The van der Waals surface area contributed by atoms with Gasteiger partial charge in [0.05, 0.1) is 75.6 Å². The third-order valence-corrected chi connectivity index (χ3v) is 11.5. The number of imide groups is 1. The van der Waals surface area contributed by atoms with Gasteiger partial charge in [0, 0.05) is 19.5 Å². The summed E-state index contributed by atoms with van der Waals surface area (Å²) in [5, 5.41) is 84.6. The van der Waals surface area contributed by atoms with Crippen molar-refractivity contribution in [3.63, 3.8) is 0 Å². The number of carbonyl (C=O) groups excluding carboxylic acids is 3. The molecule has 1 aromatic heterocycles. The molecule has 0 aliphatic carbocycles. The molecule has 0 bridgehead atoms. The normalized spacial score (nSPS) is 32.4. The van der Waals surface area contributed by atoms with Crippen LogP contribution >= 0.6 is 0 Å². The molecule has 26 nitrogen and oxygen atoms in total. The van der Waals surface area contributed by atoms with Crippen molar-refractivity contribution < 1.29 is 98.2 Å². The number of nitrogens with one attached hydrogen (secondary N) is 1. The molecule has 4 unspecified atom stereocenters. The third-order valence-electron chi connectivity index (χ3n) is 11.5. The van der Waals surface area contributed by atoms with Crippen LogP contribution in [-0.2, 0) is 75.4 Å². The molecule has 14 atom stereocenters. The molecule has 4 aliphatic rings. The molecule has 0 saturated carbocycles. The van der Waals surface area contributed by atoms with Crippen LogP contribution in [-0.4, -0.2) is 210 Å². The number of likely N-dealkylation sites (N-methyl/N-ethyl adjacent to an activating group) is 1. The average molecular weight is 931 g/mol. The number of hydrogen-bond donors (Lipinski definition) is 8. The Balaban J connectivity index is 1.05. The van der Waals surface area contributed by atoms with Gasteiger partial charge in [-0.25, -0.2) is 19.6 Å². The molecule has 5 heterocycles. The second-order valence-electron chi connectivity index (χ2n) is 15.7. The Morgan fingerprint density at radius 3 is 2.22 bits per heavy atom. The van der Waals surface area contributed by atoms with Crippen molar-refractivity contribution in [3.8, 4) is 0 Å². The molecule has 4 saturated heterocycles. The third kappa shape index (κ3) is 12.7. The molecule has 1 aromatic rings. The summed E-state index contributed by atoms with van der Waals surface area (Å²) in [6, 6.07) is -1.16. The molecule has 3 amide bonds. The van der Waals surface area contributed by atoms with Gasteiger partial charge >= 0.3 is 11.9 Å². The zero-order valence-electron chi connectivity index (χ0n) is 35.6. The highest BCUT2D eigenvalue weighted by Crippen LogP contribution is 2.41. The molecule has 4 aliphatic heterocycles. The quantitative estimate of drug-likeness (QED) is 0.0141. The number of amides is 3. The van der Waals surface area contributed by atoms with Gasteiger partial charge in [0.2, 0.25) is 17.7 Å². The van der Waals surface area contributed by atoms with Gasteiger partial charge in [-0.05, 0) is 26.3 Å². The van der Waals surface area contributed by atoms with Crippen LogP contribution in [0.2, 0.25) is 0 Å². The maximum atomic E-state index is 13.1. The smallest absolute Gasteiger partial charge is 0.335 e. The average Bonchev–Trinajstić information content (AvgIpc) is 3.97. The fourth-order valence-corrected chi connectivity index (χ4v) is 8.12. The highest BCUT2D eigenvalue weighted by molar-refractivity contribution is 6.06. The minimum atomic E-state index is -1.91. The number of aliphatic carboxylic acids is 2. The van der Waals surface area contributed by atoms with E-state index in [0.29, 0.717) is 25.0 Å². The lowest BCUT2D eigenvalue weighted by Gasteiger charge is -2.46. The Labute approximate surface area is 372 Å². The van der Waals surface area contributed by atoms with E-state index >= 15 is 0 Å². The second-order valence-corrected chi connectivity index (χ2v) is 15.7. The van der Waals surface area contributed by atoms with Crippen molar-refractivity contribution in [1.82, 2.24) is 30.1 Å². The van der Waals surface area contributed by atoms with Crippen LogP contribution in [0, 0.1) is 11.8 Å². The molecule has 4 fully saturated rings. The van der Waals surface area contributed by atoms with Crippen LogP contribution in [0.4, 0.5) is 0 Å². The largest absolute Gasteiger partial charge is 0.481 e. The van der Waals surface area contributed by atoms with E-state index in [1.165, 1.54) is 33.7 Å². The highest BCUT2D eigenvalue weighted by atomic mass is 17.5. The van der Waals surface area contributed by atoms with E-state index in [4.69, 9.17) is 38.8 Å². The molecule has 8 N–H and O–H groups in total. The first-order valence-electron chi connectivity index (χ1n) is 21.0. The van der Waals surface area contributed by atoms with E-state index in [1.807, 2.05) is 0 Å². The Hall–Kier alpha value is -4.39. The molecule has 0 aromatic carbocycles. The maximum Gasteiger partial charge on any atom is 0.335 e. The molecule has 26 heteroatoms. The number of carboxylic acid groups (broad SMARTS) is 2. The SMILES string of the molecule is C=C[C@@H]1O[C@H](C=C)[C@@H]2C(=O)N(CCCCCN(Cc3cn(CCOCCO[C@@H]4OC(C(=O)O)[C@@H](O[C@H]5OC(COOO)[C@@H](O)[C@H](O)C5NC)[C@H](O)C4O)nn3)C(=O)CCC(=O)O)C(=O)[C@@H]21. The standard InChI is InChI=1S/C39H58N6O20/c1-4-21-26-27(22(5-2)61-21)36(54)45(35(26)53)12-8-6-7-11-43(24(46)9-10-25(47)48)17-20-18-44(42-41-20)13-14-58-15-16-59-39-32(52)31(51)33(34(64-39)37(55)56)63-38-28(40-3)30(50)29(49)23(62-38)19-60-65-57/h4-5,18,21-23,26-34,38-40,49-52,57H,1-2,6-17,19H2,3H3,(H,47,48)(H,55,56)/t21-,22+,23?,26+,27-,28?,29-,30-,31-,32?,33+,34?,38-,39-/m1/s1. The predicted octanol–water partition coefficient (Wildman–Crippen LogP) is -3.21. The summed E-state index contributed by atoms with van der Waals surface area (Å²) in [5.74, 6) is -5.02. The molecule has 5 rings (SSSR count). The summed E-state index contributed by atoms with van der Waals surface area (Å²) >= 11 is 0. The van der Waals surface area contributed by atoms with Crippen LogP contribution in [0.1, 0.15) is 37.8 Å². The van der Waals surface area contributed by atoms with Crippen molar-refractivity contribution in [2.24, 2.45) is 11.8 Å². The van der Waals surface area contributed by atoms with E-state index in [-0.39, 0.29) is 70.7 Å². The number of unbranched alkanes of at least 4 members (excludes halogenated alkanes) is 2. The monoisotopic (exact) mass is 930 g/mol. The van der Waals surface area contributed by atoms with Gasteiger partial charge < -0.3 is 69.3 Å². The van der Waals surface area contributed by atoms with Crippen LogP contribution in [0.15, 0.2) is 31.5 Å². The lowest BCUT2D eigenvalue weighted by Crippen LogP contribution is -2.67. The first kappa shape index (κ1) is 51.6. The zero-order valence-corrected chi connectivity index (χ0v) is 35.6. The number of nitrogens with zero attached hydrogens (tertiary/aromatic N) is 5. The molecular weight excluding hydrogens is 872 g/mol. The maximum absolute atomic E-state index is 13.1. The van der Waals surface area contributed by atoms with Crippen molar-refractivity contribution in [1.29, 1.82) is 0 Å². The number of aliphatic hydroxyl groups is 4. The van der Waals surface area contributed by atoms with Crippen molar-refractivity contribution in [3.05, 3.63) is 37.2 Å². The lowest BCUT2D eigenvalue weighted by molar-refractivity contribution is -0.498. The summed E-state index contributed by atoms with van der Waals surface area (Å²) in [4.78, 5) is 69.7. The lowest BCUT2D eigenvalue weighted by atomic mass is 9.89. The van der Waals surface area contributed by atoms with E-state index < -0.39 is 110 Å². The summed E-state index contributed by atoms with van der Waals surface area (Å²) in [6.45, 7) is 7.34. The van der Waals surface area contributed by atoms with Gasteiger partial charge in [0.25, 0.3) is 0 Å². The van der Waals surface area contributed by atoms with Gasteiger partial charge in [-0.3, -0.25) is 24.1 Å². The Kier molecular flexibility index (Phi) is 19.4. The fourth-order valence-electron chi connectivity index (χ4n) is 8.12. The van der Waals surface area contributed by atoms with Crippen molar-refractivity contribution >= 4 is 29.7 Å². The van der Waals surface area contributed by atoms with Gasteiger partial charge in [0.15, 0.2) is 18.7 Å². The number of hydrogen-bond acceptors (Lipinski definition) is 21. The zero-order chi connectivity index (χ0) is 47.4. The Morgan fingerprint density at radius 2 is 1.58 bits per heavy atom. The highest BCUT2D eigenvalue weighted by Gasteiger charge is 2.58. The van der Waals surface area contributed by atoms with E-state index in [2.05, 4.69) is 38.7 Å². The molecular formula is C39H58N6O20. The van der Waals surface area contributed by atoms with E-state index in [0.717, 1.165) is 0 Å². The minimum Gasteiger partial charge on any atom is -0.481 e. The first-order valence-corrected chi connectivity index (χ1v) is 21.0. The molecule has 65 heavy (non-hydrogen) atoms. The Morgan fingerprint density at radius 1 is 0.877 bits per heavy atom. The van der Waals surface area contributed by atoms with Crippen LogP contribution < -0.4 is 5.32 Å². The van der Waals surface area contributed by atoms with Crippen molar-refractivity contribution in [2.45, 2.75) is 119 Å². The number of carbonyl (C=O) groups is 5. The number of ether oxygens (including phenoxy) is 6. The van der Waals surface area contributed by atoms with Gasteiger partial charge in [-0.2, -0.15) is 0 Å². The van der Waals surface area contributed by atoms with Gasteiger partial charge in [-0.15, -0.1) is 18.3 Å². The first-order chi connectivity index (χ1) is 31.1. The second kappa shape index (κ2) is 24.4. The van der Waals surface area contributed by atoms with Gasteiger partial charge in [0.1, 0.15) is 48.9 Å². The van der Waals surface area contributed by atoms with Crippen LogP contribution in [0.25, 0.3) is 0 Å². The molecule has 0 spiro atoms. The number of rotatable bonds is 27. The van der Waals surface area contributed by atoms with E-state index in [9.17, 15) is 49.5 Å². The minimum absolute atomic E-state index is 0.0364. The summed E-state index contributed by atoms with van der Waals surface area (Å²) in [7, 11) is 1.39. The van der Waals surface area contributed by atoms with Gasteiger partial charge in [-0.1, -0.05) is 22.4 Å². The Bertz CT molecular complexity index is 1760. The number of aromatic nitrogens is 3. The summed E-state index contributed by atoms with van der Waals surface area (Å²) in [6.07, 6.45) is -10.6.